The third-order valence-corrected chi connectivity index (χ3v) is 0.815. The molecule has 2 amide bonds. The van der Waals surface area contributed by atoms with Crippen LogP contribution >= 0.6 is 0 Å². The summed E-state index contributed by atoms with van der Waals surface area (Å²) in [6.07, 6.45) is 0. The topological polar surface area (TPSA) is 75.3 Å². The van der Waals surface area contributed by atoms with Crippen LogP contribution in [-0.2, 0) is 14.4 Å². The number of hydrogen-bond donors (Lipinski definition) is 2. The second kappa shape index (κ2) is 14.3. The van der Waals surface area contributed by atoms with Gasteiger partial charge in [-0.25, -0.2) is 0 Å². The van der Waals surface area contributed by atoms with Crippen molar-refractivity contribution in [3.8, 4) is 0 Å². The minimum atomic E-state index is -0.0625. The van der Waals surface area contributed by atoms with Crippen molar-refractivity contribution in [1.82, 2.24) is 10.6 Å². The van der Waals surface area contributed by atoms with E-state index in [0.29, 0.717) is 5.70 Å². The summed E-state index contributed by atoms with van der Waals surface area (Å²) < 4.78 is 0. The lowest BCUT2D eigenvalue weighted by molar-refractivity contribution is -0.119. The van der Waals surface area contributed by atoms with E-state index in [-0.39, 0.29) is 17.6 Å². The third kappa shape index (κ3) is 76.5. The molecule has 0 aromatic carbocycles. The largest absolute Gasteiger partial charge is 0.357 e. The molecule has 0 aromatic rings. The van der Waals surface area contributed by atoms with Crippen molar-refractivity contribution < 1.29 is 14.4 Å². The Morgan fingerprint density at radius 3 is 1.29 bits per heavy atom. The quantitative estimate of drug-likeness (QED) is 0.771. The normalized spacial score (nSPS) is 7.41. The molecule has 0 saturated heterocycles. The Morgan fingerprint density at radius 2 is 1.29 bits per heavy atom. The van der Waals surface area contributed by atoms with Crippen LogP contribution in [0.2, 0.25) is 0 Å². The number of Topliss-reactive ketones (excluding diaryl/α,β-unsaturated/α-hetero) is 1. The monoisotopic (exact) mass is 244 g/mol. The van der Waals surface area contributed by atoms with Gasteiger partial charge in [0, 0.05) is 26.1 Å². The highest BCUT2D eigenvalue weighted by Crippen LogP contribution is 1.74. The van der Waals surface area contributed by atoms with E-state index in [4.69, 9.17) is 0 Å². The molecule has 5 nitrogen and oxygen atoms in total. The fourth-order valence-electron chi connectivity index (χ4n) is 0.549. The lowest BCUT2D eigenvalue weighted by Gasteiger charge is -1.94. The second-order valence-electron chi connectivity index (χ2n) is 3.46. The first-order valence-electron chi connectivity index (χ1n) is 5.28. The Bertz CT molecular complexity index is 244. The summed E-state index contributed by atoms with van der Waals surface area (Å²) in [5, 5.41) is 5.04. The van der Waals surface area contributed by atoms with Gasteiger partial charge < -0.3 is 15.4 Å². The van der Waals surface area contributed by atoms with Crippen molar-refractivity contribution in [2.24, 2.45) is 0 Å². The Balaban J connectivity index is -0.000000180. The molecule has 0 atom stereocenters. The van der Waals surface area contributed by atoms with E-state index in [1.54, 1.807) is 6.92 Å². The maximum atomic E-state index is 10.1. The number of hydrogen-bond acceptors (Lipinski definition) is 3. The second-order valence-corrected chi connectivity index (χ2v) is 3.46. The summed E-state index contributed by atoms with van der Waals surface area (Å²) in [5.41, 5.74) is 0.688. The lowest BCUT2D eigenvalue weighted by Crippen LogP contribution is -2.18. The van der Waals surface area contributed by atoms with Crippen LogP contribution in [0.5, 0.6) is 0 Å². The molecule has 0 aliphatic carbocycles. The molecule has 0 aliphatic rings. The molecular weight excluding hydrogens is 220 g/mol. The van der Waals surface area contributed by atoms with Crippen LogP contribution in [0.15, 0.2) is 12.3 Å². The van der Waals surface area contributed by atoms with Gasteiger partial charge in [0.05, 0.1) is 0 Å². The fourth-order valence-corrected chi connectivity index (χ4v) is 0.549. The van der Waals surface area contributed by atoms with Crippen LogP contribution in [0, 0.1) is 0 Å². The number of allylic oxidation sites excluding steroid dienone is 1. The van der Waals surface area contributed by atoms with Gasteiger partial charge in [-0.1, -0.05) is 6.58 Å². The molecule has 0 heterocycles. The fraction of sp³-hybridized carbons (Fsp3) is 0.583. The summed E-state index contributed by atoms with van der Waals surface area (Å²) in [7, 11) is 0. The van der Waals surface area contributed by atoms with Gasteiger partial charge in [0.2, 0.25) is 11.8 Å². The first-order chi connectivity index (χ1) is 7.63. The van der Waals surface area contributed by atoms with Gasteiger partial charge in [-0.2, -0.15) is 0 Å². The highest BCUT2D eigenvalue weighted by molar-refractivity contribution is 5.74. The van der Waals surface area contributed by atoms with E-state index in [2.05, 4.69) is 17.2 Å². The van der Waals surface area contributed by atoms with Crippen LogP contribution in [0.3, 0.4) is 0 Å². The minimum absolute atomic E-state index is 0.0394. The van der Waals surface area contributed by atoms with E-state index in [0.717, 1.165) is 6.54 Å². The Kier molecular flexibility index (Phi) is 17.5. The Labute approximate surface area is 104 Å². The molecule has 0 fully saturated rings. The number of nitrogens with one attached hydrogen (secondary N) is 2. The number of carbonyl (C=O) groups is 3. The minimum Gasteiger partial charge on any atom is -0.357 e. The third-order valence-electron chi connectivity index (χ3n) is 0.815. The SMILES string of the molecule is C=C(C)NC(C)=O.CC(C)=O.CCNC(C)=O. The van der Waals surface area contributed by atoms with Gasteiger partial charge in [0.15, 0.2) is 0 Å². The number of ketones is 1. The molecule has 5 heteroatoms. The van der Waals surface area contributed by atoms with Gasteiger partial charge in [0.1, 0.15) is 5.78 Å². The molecule has 0 saturated carbocycles. The molecule has 0 radical (unpaired) electrons. The molecule has 0 bridgehead atoms. The van der Waals surface area contributed by atoms with Crippen molar-refractivity contribution in [3.63, 3.8) is 0 Å². The molecule has 0 unspecified atom stereocenters. The van der Waals surface area contributed by atoms with Crippen molar-refractivity contribution in [2.45, 2.75) is 41.5 Å². The standard InChI is InChI=1S/C5H9NO.C4H9NO.C3H6O/c1-4(2)6-5(3)7;1-3-5-4(2)6;1-3(2)4/h1H2,2-3H3,(H,6,7);3H2,1-2H3,(H,5,6);1-2H3. The van der Waals surface area contributed by atoms with Crippen LogP contribution in [0.1, 0.15) is 41.5 Å². The highest BCUT2D eigenvalue weighted by atomic mass is 16.2. The molecule has 2 N–H and O–H groups in total. The van der Waals surface area contributed by atoms with Crippen LogP contribution in [0.25, 0.3) is 0 Å². The van der Waals surface area contributed by atoms with Crippen molar-refractivity contribution in [1.29, 1.82) is 0 Å². The van der Waals surface area contributed by atoms with E-state index in [9.17, 15) is 14.4 Å². The predicted molar refractivity (Wildman–Crippen MR) is 69.3 cm³/mol. The van der Waals surface area contributed by atoms with E-state index in [1.807, 2.05) is 6.92 Å². The zero-order chi connectivity index (χ0) is 14.4. The van der Waals surface area contributed by atoms with Crippen LogP contribution in [0.4, 0.5) is 0 Å². The number of amides is 2. The molecule has 0 aliphatic heterocycles. The maximum Gasteiger partial charge on any atom is 0.220 e. The van der Waals surface area contributed by atoms with E-state index < -0.39 is 0 Å². The summed E-state index contributed by atoms with van der Waals surface area (Å²) in [6, 6.07) is 0. The number of carbonyl (C=O) groups excluding carboxylic acids is 3. The Morgan fingerprint density at radius 1 is 0.941 bits per heavy atom. The summed E-state index contributed by atoms with van der Waals surface area (Å²) in [6.45, 7) is 13.8. The van der Waals surface area contributed by atoms with Crippen molar-refractivity contribution >= 4 is 17.6 Å². The van der Waals surface area contributed by atoms with E-state index in [1.165, 1.54) is 27.7 Å². The first kappa shape index (κ1) is 20.7. The van der Waals surface area contributed by atoms with Gasteiger partial charge >= 0.3 is 0 Å². The van der Waals surface area contributed by atoms with Gasteiger partial charge in [0.25, 0.3) is 0 Å². The maximum absolute atomic E-state index is 10.1. The van der Waals surface area contributed by atoms with E-state index >= 15 is 0 Å². The average Bonchev–Trinajstić information content (AvgIpc) is 1.99. The molecular formula is C12H24N2O3. The average molecular weight is 244 g/mol. The Hall–Kier alpha value is -1.65. The highest BCUT2D eigenvalue weighted by Gasteiger charge is 1.84. The van der Waals surface area contributed by atoms with Gasteiger partial charge in [-0.15, -0.1) is 0 Å². The summed E-state index contributed by atoms with van der Waals surface area (Å²) >= 11 is 0. The van der Waals surface area contributed by atoms with Crippen molar-refractivity contribution in [3.05, 3.63) is 12.3 Å². The predicted octanol–water partition coefficient (Wildman–Crippen LogP) is 1.39. The van der Waals surface area contributed by atoms with Gasteiger partial charge in [-0.3, -0.25) is 9.59 Å². The molecule has 0 aromatic heterocycles. The summed E-state index contributed by atoms with van der Waals surface area (Å²) in [5.74, 6) is 0.144. The van der Waals surface area contributed by atoms with Crippen LogP contribution in [-0.4, -0.2) is 24.1 Å². The van der Waals surface area contributed by atoms with Crippen LogP contribution < -0.4 is 10.6 Å². The number of rotatable bonds is 2. The van der Waals surface area contributed by atoms with Crippen molar-refractivity contribution in [2.75, 3.05) is 6.54 Å². The summed E-state index contributed by atoms with van der Waals surface area (Å²) in [4.78, 5) is 29.5. The molecule has 100 valence electrons. The zero-order valence-electron chi connectivity index (χ0n) is 11.6. The molecule has 17 heavy (non-hydrogen) atoms. The van der Waals surface area contributed by atoms with Gasteiger partial charge in [-0.05, 0) is 27.7 Å². The smallest absolute Gasteiger partial charge is 0.220 e. The molecule has 0 rings (SSSR count). The molecule has 0 spiro atoms. The first-order valence-corrected chi connectivity index (χ1v) is 5.28. The zero-order valence-corrected chi connectivity index (χ0v) is 11.6. The lowest BCUT2D eigenvalue weighted by atomic mass is 10.5.